The third-order valence-electron chi connectivity index (χ3n) is 2.13. The van der Waals surface area contributed by atoms with E-state index in [2.05, 4.69) is 26.2 Å². The van der Waals surface area contributed by atoms with Gasteiger partial charge in [-0.25, -0.2) is 4.98 Å². The predicted octanol–water partition coefficient (Wildman–Crippen LogP) is 1.58. The van der Waals surface area contributed by atoms with E-state index in [0.29, 0.717) is 18.7 Å². The molecule has 6 heteroatoms. The highest BCUT2D eigenvalue weighted by molar-refractivity contribution is 9.10. The van der Waals surface area contributed by atoms with Crippen molar-refractivity contribution in [2.75, 3.05) is 18.9 Å². The van der Waals surface area contributed by atoms with Gasteiger partial charge in [0.15, 0.2) is 0 Å². The Labute approximate surface area is 109 Å². The van der Waals surface area contributed by atoms with Crippen LogP contribution in [0.15, 0.2) is 16.7 Å². The third-order valence-corrected chi connectivity index (χ3v) is 2.56. The normalized spacial score (nSPS) is 12.2. The zero-order chi connectivity index (χ0) is 12.8. The van der Waals surface area contributed by atoms with Gasteiger partial charge in [0, 0.05) is 23.8 Å². The van der Waals surface area contributed by atoms with Gasteiger partial charge in [0.1, 0.15) is 5.82 Å². The fourth-order valence-corrected chi connectivity index (χ4v) is 1.64. The Hall–Kier alpha value is -1.14. The number of aromatic nitrogens is 1. The second-order valence-corrected chi connectivity index (χ2v) is 4.48. The molecular weight excluding hydrogens is 286 g/mol. The number of rotatable bonds is 5. The van der Waals surface area contributed by atoms with Crippen LogP contribution in [0.25, 0.3) is 0 Å². The van der Waals surface area contributed by atoms with Crippen molar-refractivity contribution in [3.63, 3.8) is 0 Å². The van der Waals surface area contributed by atoms with E-state index in [0.717, 1.165) is 4.47 Å². The van der Waals surface area contributed by atoms with Crippen LogP contribution in [-0.2, 0) is 4.74 Å². The SMILES string of the molecule is CCOC(C)CNC(=O)c1cc(Br)cnc1N. The van der Waals surface area contributed by atoms with Crippen molar-refractivity contribution in [2.24, 2.45) is 0 Å². The number of anilines is 1. The molecule has 94 valence electrons. The molecule has 0 aromatic carbocycles. The minimum atomic E-state index is -0.247. The van der Waals surface area contributed by atoms with Crippen LogP contribution in [0.1, 0.15) is 24.2 Å². The molecule has 0 bridgehead atoms. The summed E-state index contributed by atoms with van der Waals surface area (Å²) < 4.78 is 6.03. The molecule has 0 fully saturated rings. The average Bonchev–Trinajstić information content (AvgIpc) is 2.29. The number of pyridine rings is 1. The Morgan fingerprint density at radius 2 is 2.41 bits per heavy atom. The van der Waals surface area contributed by atoms with Crippen LogP contribution in [0.5, 0.6) is 0 Å². The first-order valence-electron chi connectivity index (χ1n) is 5.35. The maximum Gasteiger partial charge on any atom is 0.255 e. The van der Waals surface area contributed by atoms with Gasteiger partial charge < -0.3 is 15.8 Å². The fraction of sp³-hybridized carbons (Fsp3) is 0.455. The maximum atomic E-state index is 11.8. The van der Waals surface area contributed by atoms with Crippen LogP contribution in [0.3, 0.4) is 0 Å². The molecule has 0 aliphatic rings. The lowest BCUT2D eigenvalue weighted by atomic mass is 10.2. The molecule has 0 spiro atoms. The first kappa shape index (κ1) is 13.9. The highest BCUT2D eigenvalue weighted by atomic mass is 79.9. The molecule has 5 nitrogen and oxygen atoms in total. The van der Waals surface area contributed by atoms with Crippen molar-refractivity contribution in [1.82, 2.24) is 10.3 Å². The van der Waals surface area contributed by atoms with Gasteiger partial charge in [-0.3, -0.25) is 4.79 Å². The van der Waals surface area contributed by atoms with E-state index in [-0.39, 0.29) is 17.8 Å². The van der Waals surface area contributed by atoms with Crippen molar-refractivity contribution in [3.05, 3.63) is 22.3 Å². The number of nitrogens with one attached hydrogen (secondary N) is 1. The van der Waals surface area contributed by atoms with Gasteiger partial charge in [-0.15, -0.1) is 0 Å². The summed E-state index contributed by atoms with van der Waals surface area (Å²) in [6, 6.07) is 1.64. The zero-order valence-electron chi connectivity index (χ0n) is 9.87. The summed E-state index contributed by atoms with van der Waals surface area (Å²) in [6.07, 6.45) is 1.53. The van der Waals surface area contributed by atoms with Gasteiger partial charge in [0.2, 0.25) is 0 Å². The number of nitrogen functional groups attached to an aromatic ring is 1. The topological polar surface area (TPSA) is 77.2 Å². The minimum absolute atomic E-state index is 0.0229. The third kappa shape index (κ3) is 4.32. The van der Waals surface area contributed by atoms with Gasteiger partial charge in [0.05, 0.1) is 11.7 Å². The maximum absolute atomic E-state index is 11.8. The molecule has 0 saturated heterocycles. The molecule has 0 radical (unpaired) electrons. The van der Waals surface area contributed by atoms with E-state index in [1.807, 2.05) is 13.8 Å². The van der Waals surface area contributed by atoms with E-state index in [1.54, 1.807) is 12.3 Å². The quantitative estimate of drug-likeness (QED) is 0.865. The monoisotopic (exact) mass is 301 g/mol. The molecule has 3 N–H and O–H groups in total. The summed E-state index contributed by atoms with van der Waals surface area (Å²) in [4.78, 5) is 15.7. The Bertz CT molecular complexity index is 398. The Morgan fingerprint density at radius 1 is 1.71 bits per heavy atom. The van der Waals surface area contributed by atoms with Crippen molar-refractivity contribution in [3.8, 4) is 0 Å². The van der Waals surface area contributed by atoms with Gasteiger partial charge in [-0.1, -0.05) is 0 Å². The molecule has 17 heavy (non-hydrogen) atoms. The Kier molecular flexibility index (Phi) is 5.37. The lowest BCUT2D eigenvalue weighted by molar-refractivity contribution is 0.0695. The number of carbonyl (C=O) groups is 1. The number of nitrogens with zero attached hydrogens (tertiary/aromatic N) is 1. The van der Waals surface area contributed by atoms with Crippen molar-refractivity contribution in [1.29, 1.82) is 0 Å². The number of hydrogen-bond acceptors (Lipinski definition) is 4. The van der Waals surface area contributed by atoms with Crippen molar-refractivity contribution < 1.29 is 9.53 Å². The van der Waals surface area contributed by atoms with E-state index in [4.69, 9.17) is 10.5 Å². The number of carbonyl (C=O) groups excluding carboxylic acids is 1. The van der Waals surface area contributed by atoms with Crippen LogP contribution < -0.4 is 11.1 Å². The predicted molar refractivity (Wildman–Crippen MR) is 69.8 cm³/mol. The summed E-state index contributed by atoms with van der Waals surface area (Å²) in [5.74, 6) is -0.0300. The number of halogens is 1. The molecule has 1 unspecified atom stereocenters. The van der Waals surface area contributed by atoms with Crippen LogP contribution in [0.2, 0.25) is 0 Å². The second-order valence-electron chi connectivity index (χ2n) is 3.56. The van der Waals surface area contributed by atoms with Crippen molar-refractivity contribution >= 4 is 27.7 Å². The second kappa shape index (κ2) is 6.56. The van der Waals surface area contributed by atoms with Crippen molar-refractivity contribution in [2.45, 2.75) is 20.0 Å². The molecule has 0 aliphatic heterocycles. The van der Waals surface area contributed by atoms with Crippen LogP contribution in [-0.4, -0.2) is 30.1 Å². The molecule has 0 saturated carbocycles. The molecular formula is C11H16BrN3O2. The van der Waals surface area contributed by atoms with Crippen LogP contribution in [0, 0.1) is 0 Å². The molecule has 1 rings (SSSR count). The van der Waals surface area contributed by atoms with E-state index in [9.17, 15) is 4.79 Å². The number of ether oxygens (including phenoxy) is 1. The fourth-order valence-electron chi connectivity index (χ4n) is 1.31. The highest BCUT2D eigenvalue weighted by Crippen LogP contribution is 2.15. The summed E-state index contributed by atoms with van der Waals surface area (Å²) in [5.41, 5.74) is 6.00. The van der Waals surface area contributed by atoms with Gasteiger partial charge >= 0.3 is 0 Å². The van der Waals surface area contributed by atoms with E-state index in [1.165, 1.54) is 0 Å². The summed E-state index contributed by atoms with van der Waals surface area (Å²) >= 11 is 3.25. The lowest BCUT2D eigenvalue weighted by Gasteiger charge is -2.13. The molecule has 0 aliphatic carbocycles. The van der Waals surface area contributed by atoms with Gasteiger partial charge in [-0.05, 0) is 35.8 Å². The average molecular weight is 302 g/mol. The summed E-state index contributed by atoms with van der Waals surface area (Å²) in [5, 5.41) is 2.75. The summed E-state index contributed by atoms with van der Waals surface area (Å²) in [6.45, 7) is 4.87. The minimum Gasteiger partial charge on any atom is -0.383 e. The van der Waals surface area contributed by atoms with E-state index < -0.39 is 0 Å². The van der Waals surface area contributed by atoms with Crippen LogP contribution in [0.4, 0.5) is 5.82 Å². The number of hydrogen-bond donors (Lipinski definition) is 2. The van der Waals surface area contributed by atoms with E-state index >= 15 is 0 Å². The number of nitrogens with two attached hydrogens (primary N) is 1. The first-order valence-corrected chi connectivity index (χ1v) is 6.14. The van der Waals surface area contributed by atoms with Gasteiger partial charge in [-0.2, -0.15) is 0 Å². The van der Waals surface area contributed by atoms with Crippen LogP contribution >= 0.6 is 15.9 Å². The largest absolute Gasteiger partial charge is 0.383 e. The standard InChI is InChI=1S/C11H16BrN3O2/c1-3-17-7(2)5-15-11(16)9-4-8(12)6-14-10(9)13/h4,6-7H,3,5H2,1-2H3,(H2,13,14)(H,15,16). The molecule has 1 atom stereocenters. The smallest absolute Gasteiger partial charge is 0.255 e. The molecule has 1 amide bonds. The number of amides is 1. The molecule has 1 aromatic heterocycles. The Balaban J connectivity index is 2.61. The highest BCUT2D eigenvalue weighted by Gasteiger charge is 2.12. The van der Waals surface area contributed by atoms with Gasteiger partial charge in [0.25, 0.3) is 5.91 Å². The summed E-state index contributed by atoms with van der Waals surface area (Å²) in [7, 11) is 0. The first-order chi connectivity index (χ1) is 8.04. The Morgan fingerprint density at radius 3 is 3.06 bits per heavy atom. The molecule has 1 aromatic rings. The zero-order valence-corrected chi connectivity index (χ0v) is 11.5. The molecule has 1 heterocycles. The lowest BCUT2D eigenvalue weighted by Crippen LogP contribution is -2.32.